The summed E-state index contributed by atoms with van der Waals surface area (Å²) in [4.78, 5) is 11.3. The van der Waals surface area contributed by atoms with Gasteiger partial charge >= 0.3 is 5.97 Å². The summed E-state index contributed by atoms with van der Waals surface area (Å²) in [5.41, 5.74) is 2.72. The number of hydrogen-bond acceptors (Lipinski definition) is 2. The standard InChI is InChI=1S/C25H42O3/c1-4-5-6-7-8-9-10-11-12-13-14-15-16-22(19-24(26)27)23-17-20(2)25(28)21(3)18-23/h17-18,22,28H,4-16,19H2,1-3H3,(H,26,27). The first-order valence-electron chi connectivity index (χ1n) is 11.5. The maximum absolute atomic E-state index is 11.3. The van der Waals surface area contributed by atoms with Gasteiger partial charge in [0.15, 0.2) is 0 Å². The van der Waals surface area contributed by atoms with Gasteiger partial charge in [-0.25, -0.2) is 0 Å². The first kappa shape index (κ1) is 24.5. The monoisotopic (exact) mass is 390 g/mol. The number of aryl methyl sites for hydroxylation is 2. The molecular weight excluding hydrogens is 348 g/mol. The van der Waals surface area contributed by atoms with Gasteiger partial charge in [0, 0.05) is 0 Å². The van der Waals surface area contributed by atoms with Crippen LogP contribution in [0.25, 0.3) is 0 Å². The molecular formula is C25H42O3. The van der Waals surface area contributed by atoms with Crippen LogP contribution in [0.2, 0.25) is 0 Å². The predicted octanol–water partition coefficient (Wildman–Crippen LogP) is 7.66. The van der Waals surface area contributed by atoms with Gasteiger partial charge in [-0.1, -0.05) is 96.1 Å². The molecule has 3 heteroatoms. The lowest BCUT2D eigenvalue weighted by Gasteiger charge is -2.17. The van der Waals surface area contributed by atoms with Crippen LogP contribution in [0.4, 0.5) is 0 Å². The van der Waals surface area contributed by atoms with Crippen LogP contribution in [0, 0.1) is 13.8 Å². The highest BCUT2D eigenvalue weighted by Gasteiger charge is 2.17. The van der Waals surface area contributed by atoms with E-state index in [-0.39, 0.29) is 12.3 Å². The molecule has 1 aromatic rings. The van der Waals surface area contributed by atoms with E-state index in [0.717, 1.165) is 29.5 Å². The van der Waals surface area contributed by atoms with E-state index in [0.29, 0.717) is 5.75 Å². The van der Waals surface area contributed by atoms with E-state index in [1.54, 1.807) is 0 Å². The molecule has 0 amide bonds. The fourth-order valence-corrected chi connectivity index (χ4v) is 4.05. The Bertz CT molecular complexity index is 542. The van der Waals surface area contributed by atoms with Crippen LogP contribution in [0.1, 0.15) is 119 Å². The smallest absolute Gasteiger partial charge is 0.303 e. The summed E-state index contributed by atoms with van der Waals surface area (Å²) in [6.07, 6.45) is 16.9. The van der Waals surface area contributed by atoms with Crippen LogP contribution in [0.3, 0.4) is 0 Å². The summed E-state index contributed by atoms with van der Waals surface area (Å²) in [6.45, 7) is 6.03. The van der Waals surface area contributed by atoms with Gasteiger partial charge in [-0.2, -0.15) is 0 Å². The van der Waals surface area contributed by atoms with E-state index in [2.05, 4.69) is 6.92 Å². The predicted molar refractivity (Wildman–Crippen MR) is 118 cm³/mol. The van der Waals surface area contributed by atoms with Crippen LogP contribution < -0.4 is 0 Å². The van der Waals surface area contributed by atoms with Gasteiger partial charge in [0.25, 0.3) is 0 Å². The molecule has 0 aliphatic carbocycles. The number of benzene rings is 1. The maximum Gasteiger partial charge on any atom is 0.303 e. The Hall–Kier alpha value is -1.51. The van der Waals surface area contributed by atoms with E-state index in [9.17, 15) is 15.0 Å². The molecule has 1 aromatic carbocycles. The molecule has 0 aliphatic heterocycles. The summed E-state index contributed by atoms with van der Waals surface area (Å²) >= 11 is 0. The molecule has 1 atom stereocenters. The highest BCUT2D eigenvalue weighted by Crippen LogP contribution is 2.32. The van der Waals surface area contributed by atoms with Crippen LogP contribution >= 0.6 is 0 Å². The Morgan fingerprint density at radius 3 is 1.68 bits per heavy atom. The first-order chi connectivity index (χ1) is 13.5. The second-order valence-electron chi connectivity index (χ2n) is 8.48. The van der Waals surface area contributed by atoms with Crippen molar-refractivity contribution in [2.45, 2.75) is 117 Å². The van der Waals surface area contributed by atoms with Crippen molar-refractivity contribution in [3.63, 3.8) is 0 Å². The molecule has 1 rings (SSSR count). The number of carbonyl (C=O) groups is 1. The van der Waals surface area contributed by atoms with E-state index in [4.69, 9.17) is 0 Å². The summed E-state index contributed by atoms with van der Waals surface area (Å²) in [7, 11) is 0. The van der Waals surface area contributed by atoms with Gasteiger partial charge in [-0.15, -0.1) is 0 Å². The molecule has 160 valence electrons. The van der Waals surface area contributed by atoms with Crippen molar-refractivity contribution in [1.82, 2.24) is 0 Å². The quantitative estimate of drug-likeness (QED) is 0.285. The van der Waals surface area contributed by atoms with Gasteiger partial charge in [-0.3, -0.25) is 4.79 Å². The lowest BCUT2D eigenvalue weighted by molar-refractivity contribution is -0.137. The minimum Gasteiger partial charge on any atom is -0.507 e. The average molecular weight is 391 g/mol. The van der Waals surface area contributed by atoms with Crippen LogP contribution in [-0.4, -0.2) is 16.2 Å². The Labute approximate surface area is 172 Å². The van der Waals surface area contributed by atoms with Crippen LogP contribution in [0.15, 0.2) is 12.1 Å². The third-order valence-corrected chi connectivity index (χ3v) is 5.81. The third-order valence-electron chi connectivity index (χ3n) is 5.81. The van der Waals surface area contributed by atoms with Crippen molar-refractivity contribution < 1.29 is 15.0 Å². The fraction of sp³-hybridized carbons (Fsp3) is 0.720. The second kappa shape index (κ2) is 14.5. The third kappa shape index (κ3) is 10.1. The van der Waals surface area contributed by atoms with Gasteiger partial charge in [0.1, 0.15) is 5.75 Å². The van der Waals surface area contributed by atoms with Crippen molar-refractivity contribution in [2.75, 3.05) is 0 Å². The van der Waals surface area contributed by atoms with Crippen molar-refractivity contribution in [1.29, 1.82) is 0 Å². The first-order valence-corrected chi connectivity index (χ1v) is 11.5. The molecule has 0 radical (unpaired) electrons. The Balaban J connectivity index is 2.25. The molecule has 1 unspecified atom stereocenters. The topological polar surface area (TPSA) is 57.5 Å². The molecule has 0 bridgehead atoms. The molecule has 0 aromatic heterocycles. The minimum atomic E-state index is -0.743. The Morgan fingerprint density at radius 2 is 1.25 bits per heavy atom. The highest BCUT2D eigenvalue weighted by atomic mass is 16.4. The second-order valence-corrected chi connectivity index (χ2v) is 8.48. The number of phenolic OH excluding ortho intramolecular Hbond substituents is 1. The maximum atomic E-state index is 11.3. The molecule has 0 saturated heterocycles. The van der Waals surface area contributed by atoms with Gasteiger partial charge in [-0.05, 0) is 42.9 Å². The number of aromatic hydroxyl groups is 1. The summed E-state index contributed by atoms with van der Waals surface area (Å²) in [5, 5.41) is 19.2. The summed E-state index contributed by atoms with van der Waals surface area (Å²) in [5.74, 6) is -0.380. The minimum absolute atomic E-state index is 0.0404. The van der Waals surface area contributed by atoms with Crippen LogP contribution in [0.5, 0.6) is 5.75 Å². The summed E-state index contributed by atoms with van der Waals surface area (Å²) < 4.78 is 0. The van der Waals surface area contributed by atoms with Crippen molar-refractivity contribution >= 4 is 5.97 Å². The number of unbranched alkanes of at least 4 members (excludes halogenated alkanes) is 11. The van der Waals surface area contributed by atoms with Gasteiger partial charge < -0.3 is 10.2 Å². The van der Waals surface area contributed by atoms with Crippen molar-refractivity contribution in [3.05, 3.63) is 28.8 Å². The number of rotatable bonds is 16. The molecule has 3 nitrogen and oxygen atoms in total. The molecule has 0 saturated carbocycles. The lowest BCUT2D eigenvalue weighted by atomic mass is 9.88. The highest BCUT2D eigenvalue weighted by molar-refractivity contribution is 5.68. The normalized spacial score (nSPS) is 12.2. The number of carboxylic acids is 1. The zero-order valence-corrected chi connectivity index (χ0v) is 18.4. The number of phenols is 1. The number of carboxylic acid groups (broad SMARTS) is 1. The molecule has 0 aliphatic rings. The van der Waals surface area contributed by atoms with Gasteiger partial charge in [0.05, 0.1) is 6.42 Å². The molecule has 0 fully saturated rings. The van der Waals surface area contributed by atoms with Crippen molar-refractivity contribution in [3.8, 4) is 5.75 Å². The molecule has 0 heterocycles. The molecule has 0 spiro atoms. The largest absolute Gasteiger partial charge is 0.507 e. The van der Waals surface area contributed by atoms with E-state index < -0.39 is 5.97 Å². The number of aliphatic carboxylic acids is 1. The van der Waals surface area contributed by atoms with Crippen LogP contribution in [-0.2, 0) is 4.79 Å². The zero-order valence-electron chi connectivity index (χ0n) is 18.4. The average Bonchev–Trinajstić information content (AvgIpc) is 2.65. The lowest BCUT2D eigenvalue weighted by Crippen LogP contribution is -2.07. The van der Waals surface area contributed by atoms with E-state index >= 15 is 0 Å². The Morgan fingerprint density at radius 1 is 0.821 bits per heavy atom. The van der Waals surface area contributed by atoms with Gasteiger partial charge in [0.2, 0.25) is 0 Å². The van der Waals surface area contributed by atoms with E-state index in [1.807, 2.05) is 26.0 Å². The zero-order chi connectivity index (χ0) is 20.8. The van der Waals surface area contributed by atoms with Crippen molar-refractivity contribution in [2.24, 2.45) is 0 Å². The summed E-state index contributed by atoms with van der Waals surface area (Å²) in [6, 6.07) is 3.91. The Kier molecular flexibility index (Phi) is 12.7. The fourth-order valence-electron chi connectivity index (χ4n) is 4.05. The van der Waals surface area contributed by atoms with E-state index in [1.165, 1.54) is 70.6 Å². The SMILES string of the molecule is CCCCCCCCCCCCCCC(CC(=O)O)c1cc(C)c(O)c(C)c1. The molecule has 2 N–H and O–H groups in total. The number of hydrogen-bond donors (Lipinski definition) is 2. The molecule has 28 heavy (non-hydrogen) atoms.